The molecule has 0 aliphatic rings. The van der Waals surface area contributed by atoms with Crippen molar-refractivity contribution in [2.24, 2.45) is 0 Å². The van der Waals surface area contributed by atoms with Gasteiger partial charge in [-0.3, -0.25) is 0 Å². The molecular formula is C34H24N2O2S. The fourth-order valence-corrected chi connectivity index (χ4v) is 6.65. The van der Waals surface area contributed by atoms with Crippen LogP contribution in [0.4, 0.5) is 11.4 Å². The summed E-state index contributed by atoms with van der Waals surface area (Å²) in [5.74, 6) is -0.939. The maximum atomic E-state index is 12.7. The van der Waals surface area contributed by atoms with Crippen LogP contribution in [0.5, 0.6) is 0 Å². The Hall–Kier alpha value is -4.87. The lowest BCUT2D eigenvalue weighted by atomic mass is 10.0. The number of benzene rings is 5. The van der Waals surface area contributed by atoms with Crippen molar-refractivity contribution in [2.45, 2.75) is 6.54 Å². The number of aromatic nitrogens is 1. The molecule has 5 aromatic carbocycles. The number of rotatable bonds is 6. The predicted octanol–water partition coefficient (Wildman–Crippen LogP) is 9.17. The Balaban J connectivity index is 1.41. The van der Waals surface area contributed by atoms with Gasteiger partial charge in [-0.2, -0.15) is 0 Å². The van der Waals surface area contributed by atoms with Crippen molar-refractivity contribution in [3.8, 4) is 11.1 Å². The van der Waals surface area contributed by atoms with Crippen LogP contribution < -0.4 is 5.32 Å². The summed E-state index contributed by atoms with van der Waals surface area (Å²) in [4.78, 5) is 12.7. The van der Waals surface area contributed by atoms with E-state index in [1.165, 1.54) is 20.2 Å². The van der Waals surface area contributed by atoms with Gasteiger partial charge in [-0.1, -0.05) is 91.0 Å². The van der Waals surface area contributed by atoms with Crippen molar-refractivity contribution >= 4 is 59.8 Å². The van der Waals surface area contributed by atoms with E-state index in [-0.39, 0.29) is 0 Å². The minimum atomic E-state index is -0.939. The summed E-state index contributed by atoms with van der Waals surface area (Å²) < 4.78 is 4.38. The van der Waals surface area contributed by atoms with E-state index < -0.39 is 5.97 Å². The molecule has 0 unspecified atom stereocenters. The van der Waals surface area contributed by atoms with Crippen LogP contribution in [0.15, 0.2) is 121 Å². The predicted molar refractivity (Wildman–Crippen MR) is 162 cm³/mol. The fraction of sp³-hybridized carbons (Fsp3) is 0.0294. The van der Waals surface area contributed by atoms with Crippen molar-refractivity contribution in [3.05, 3.63) is 133 Å². The van der Waals surface area contributed by atoms with Crippen LogP contribution in [0, 0.1) is 0 Å². The van der Waals surface area contributed by atoms with E-state index in [0.29, 0.717) is 12.2 Å². The van der Waals surface area contributed by atoms with E-state index in [0.717, 1.165) is 39.0 Å². The third kappa shape index (κ3) is 4.04. The number of carboxylic acids is 1. The number of anilines is 2. The number of nitrogens with zero attached hydrogens (tertiary/aromatic N) is 1. The summed E-state index contributed by atoms with van der Waals surface area (Å²) in [6.07, 6.45) is 0. The van der Waals surface area contributed by atoms with Crippen molar-refractivity contribution in [3.63, 3.8) is 0 Å². The van der Waals surface area contributed by atoms with E-state index in [9.17, 15) is 9.90 Å². The van der Waals surface area contributed by atoms with Crippen LogP contribution >= 0.6 is 11.3 Å². The smallest absolute Gasteiger partial charge is 0.353 e. The molecule has 0 aliphatic carbocycles. The van der Waals surface area contributed by atoms with Gasteiger partial charge < -0.3 is 15.0 Å². The number of thiophene rings is 1. The maximum absolute atomic E-state index is 12.7. The van der Waals surface area contributed by atoms with Gasteiger partial charge in [-0.15, -0.1) is 11.3 Å². The highest BCUT2D eigenvalue weighted by Gasteiger charge is 2.24. The molecule has 0 spiro atoms. The molecule has 7 aromatic rings. The summed E-state index contributed by atoms with van der Waals surface area (Å²) in [7, 11) is 0. The van der Waals surface area contributed by atoms with Crippen LogP contribution in [-0.2, 0) is 6.54 Å². The standard InChI is InChI=1S/C34H24N2O2S/c37-34(38)32-31(23-12-5-2-6-13-23)27-20-24(18-19-29(27)36(32)21-22-10-3-1-4-11-22)35-28-16-9-15-26-25-14-7-8-17-30(25)39-33(26)28/h1-20,35H,21H2,(H,37,38). The summed E-state index contributed by atoms with van der Waals surface area (Å²) >= 11 is 1.78. The second kappa shape index (κ2) is 9.46. The monoisotopic (exact) mass is 524 g/mol. The molecule has 188 valence electrons. The second-order valence-corrected chi connectivity index (χ2v) is 10.7. The first kappa shape index (κ1) is 23.3. The molecule has 0 saturated heterocycles. The zero-order valence-electron chi connectivity index (χ0n) is 21.0. The molecule has 0 amide bonds. The van der Waals surface area contributed by atoms with E-state index >= 15 is 0 Å². The first-order valence-corrected chi connectivity index (χ1v) is 13.7. The molecule has 0 radical (unpaired) electrons. The third-order valence-electron chi connectivity index (χ3n) is 7.20. The maximum Gasteiger partial charge on any atom is 0.353 e. The van der Waals surface area contributed by atoms with Gasteiger partial charge in [0, 0.05) is 44.2 Å². The number of fused-ring (bicyclic) bond motifs is 4. The third-order valence-corrected chi connectivity index (χ3v) is 8.42. The van der Waals surface area contributed by atoms with E-state index in [2.05, 4.69) is 53.8 Å². The second-order valence-electron chi connectivity index (χ2n) is 9.60. The fourth-order valence-electron chi connectivity index (χ4n) is 5.48. The molecule has 39 heavy (non-hydrogen) atoms. The molecule has 4 nitrogen and oxygen atoms in total. The van der Waals surface area contributed by atoms with Crippen LogP contribution in [0.1, 0.15) is 16.1 Å². The zero-order chi connectivity index (χ0) is 26.3. The molecule has 0 bridgehead atoms. The Morgan fingerprint density at radius 3 is 2.26 bits per heavy atom. The van der Waals surface area contributed by atoms with Crippen LogP contribution in [0.2, 0.25) is 0 Å². The van der Waals surface area contributed by atoms with Crippen LogP contribution in [0.25, 0.3) is 42.2 Å². The van der Waals surface area contributed by atoms with Gasteiger partial charge in [0.05, 0.1) is 10.4 Å². The molecule has 5 heteroatoms. The van der Waals surface area contributed by atoms with Crippen LogP contribution in [-0.4, -0.2) is 15.6 Å². The lowest BCUT2D eigenvalue weighted by molar-refractivity contribution is 0.0687. The van der Waals surface area contributed by atoms with Crippen LogP contribution in [0.3, 0.4) is 0 Å². The van der Waals surface area contributed by atoms with E-state index in [4.69, 9.17) is 0 Å². The Kier molecular flexibility index (Phi) is 5.64. The van der Waals surface area contributed by atoms with Gasteiger partial charge in [0.2, 0.25) is 0 Å². The van der Waals surface area contributed by atoms with Gasteiger partial charge >= 0.3 is 5.97 Å². The first-order valence-electron chi connectivity index (χ1n) is 12.8. The van der Waals surface area contributed by atoms with Gasteiger partial charge in [0.15, 0.2) is 0 Å². The zero-order valence-corrected chi connectivity index (χ0v) is 21.8. The SMILES string of the molecule is O=C(O)c1c(-c2ccccc2)c2cc(Nc3cccc4c3sc3ccccc34)ccc2n1Cc1ccccc1. The number of carboxylic acid groups (broad SMARTS) is 1. The highest BCUT2D eigenvalue weighted by Crippen LogP contribution is 2.41. The summed E-state index contributed by atoms with van der Waals surface area (Å²) in [6.45, 7) is 0.472. The van der Waals surface area contributed by atoms with E-state index in [1.807, 2.05) is 77.4 Å². The molecule has 2 aromatic heterocycles. The molecule has 0 saturated carbocycles. The first-order chi connectivity index (χ1) is 19.2. The minimum absolute atomic E-state index is 0.295. The van der Waals surface area contributed by atoms with Crippen molar-refractivity contribution < 1.29 is 9.90 Å². The molecule has 7 rings (SSSR count). The number of hydrogen-bond acceptors (Lipinski definition) is 3. The molecule has 2 heterocycles. The Morgan fingerprint density at radius 2 is 1.46 bits per heavy atom. The lowest BCUT2D eigenvalue weighted by Crippen LogP contribution is -2.10. The highest BCUT2D eigenvalue weighted by atomic mass is 32.1. The average molecular weight is 525 g/mol. The van der Waals surface area contributed by atoms with Gasteiger partial charge in [-0.05, 0) is 41.5 Å². The van der Waals surface area contributed by atoms with E-state index in [1.54, 1.807) is 11.3 Å². The van der Waals surface area contributed by atoms with Gasteiger partial charge in [-0.25, -0.2) is 4.79 Å². The quantitative estimate of drug-likeness (QED) is 0.228. The molecule has 0 atom stereocenters. The number of nitrogens with one attached hydrogen (secondary N) is 1. The number of aromatic carboxylic acids is 1. The Bertz CT molecular complexity index is 1990. The molecule has 0 fully saturated rings. The number of hydrogen-bond donors (Lipinski definition) is 2. The van der Waals surface area contributed by atoms with Crippen molar-refractivity contribution in [1.29, 1.82) is 0 Å². The van der Waals surface area contributed by atoms with Gasteiger partial charge in [0.1, 0.15) is 5.69 Å². The number of carbonyl (C=O) groups is 1. The van der Waals surface area contributed by atoms with Crippen molar-refractivity contribution in [1.82, 2.24) is 4.57 Å². The van der Waals surface area contributed by atoms with Crippen molar-refractivity contribution in [2.75, 3.05) is 5.32 Å². The molecule has 2 N–H and O–H groups in total. The Labute approximate surface area is 229 Å². The lowest BCUT2D eigenvalue weighted by Gasteiger charge is -2.10. The summed E-state index contributed by atoms with van der Waals surface area (Å²) in [5, 5.41) is 17.5. The minimum Gasteiger partial charge on any atom is -0.477 e. The topological polar surface area (TPSA) is 54.3 Å². The summed E-state index contributed by atoms with van der Waals surface area (Å²) in [5.41, 5.74) is 5.81. The summed E-state index contributed by atoms with van der Waals surface area (Å²) in [6, 6.07) is 40.8. The largest absolute Gasteiger partial charge is 0.477 e. The molecular weight excluding hydrogens is 500 g/mol. The average Bonchev–Trinajstić information content (AvgIpc) is 3.51. The Morgan fingerprint density at radius 1 is 0.744 bits per heavy atom. The normalized spacial score (nSPS) is 11.4. The molecule has 0 aliphatic heterocycles. The van der Waals surface area contributed by atoms with Gasteiger partial charge in [0.25, 0.3) is 0 Å². The highest BCUT2D eigenvalue weighted by molar-refractivity contribution is 7.26.